The van der Waals surface area contributed by atoms with Crippen molar-refractivity contribution >= 4 is 11.6 Å². The third-order valence-corrected chi connectivity index (χ3v) is 2.48. The maximum Gasteiger partial charge on any atom is 0.141 e. The molecule has 0 radical (unpaired) electrons. The minimum Gasteiger partial charge on any atom is -0.495 e. The van der Waals surface area contributed by atoms with Crippen LogP contribution in [-0.2, 0) is 0 Å². The number of hydrogen-bond acceptors (Lipinski definition) is 3. The molecule has 0 bridgehead atoms. The summed E-state index contributed by atoms with van der Waals surface area (Å²) in [6, 6.07) is 5.44. The summed E-state index contributed by atoms with van der Waals surface area (Å²) in [6.45, 7) is 1.82. The second kappa shape index (κ2) is 4.07. The molecule has 3 nitrogen and oxygen atoms in total. The van der Waals surface area contributed by atoms with Gasteiger partial charge in [0.25, 0.3) is 0 Å². The molecule has 1 aliphatic rings. The summed E-state index contributed by atoms with van der Waals surface area (Å²) >= 11 is 5.89. The molecule has 0 aromatic heterocycles. The van der Waals surface area contributed by atoms with Crippen LogP contribution in [-0.4, -0.2) is 26.3 Å². The molecule has 4 heteroatoms. The first-order valence-corrected chi connectivity index (χ1v) is 4.88. The minimum atomic E-state index is 0.279. The van der Waals surface area contributed by atoms with Gasteiger partial charge < -0.3 is 14.8 Å². The van der Waals surface area contributed by atoms with Gasteiger partial charge in [-0.05, 0) is 12.1 Å². The van der Waals surface area contributed by atoms with Crippen molar-refractivity contribution in [2.24, 2.45) is 0 Å². The quantitative estimate of drug-likeness (QED) is 0.829. The van der Waals surface area contributed by atoms with E-state index in [9.17, 15) is 0 Å². The Morgan fingerprint density at radius 1 is 1.43 bits per heavy atom. The van der Waals surface area contributed by atoms with Gasteiger partial charge in [-0.15, -0.1) is 0 Å². The fourth-order valence-corrected chi connectivity index (χ4v) is 1.45. The number of rotatable bonds is 3. The van der Waals surface area contributed by atoms with Crippen LogP contribution in [0.2, 0.25) is 5.02 Å². The first kappa shape index (κ1) is 9.62. The first-order chi connectivity index (χ1) is 6.79. The van der Waals surface area contributed by atoms with Gasteiger partial charge in [-0.25, -0.2) is 0 Å². The van der Waals surface area contributed by atoms with E-state index in [1.807, 2.05) is 6.07 Å². The molecule has 1 heterocycles. The zero-order valence-electron chi connectivity index (χ0n) is 7.92. The normalized spacial score (nSPS) is 16.1. The standard InChI is InChI=1S/C10H12ClNO2/c1-13-10-4-7(2-3-9(10)11)14-8-5-12-6-8/h2-4,8,12H,5-6H2,1H3. The van der Waals surface area contributed by atoms with Crippen LogP contribution in [0, 0.1) is 0 Å². The molecule has 1 aliphatic heterocycles. The number of methoxy groups -OCH3 is 1. The molecule has 14 heavy (non-hydrogen) atoms. The Morgan fingerprint density at radius 3 is 2.79 bits per heavy atom. The minimum absolute atomic E-state index is 0.279. The van der Waals surface area contributed by atoms with Gasteiger partial charge in [-0.3, -0.25) is 0 Å². The predicted molar refractivity (Wildman–Crippen MR) is 55.3 cm³/mol. The molecule has 0 amide bonds. The average Bonchev–Trinajstić information content (AvgIpc) is 2.14. The van der Waals surface area contributed by atoms with E-state index in [0.717, 1.165) is 18.8 Å². The van der Waals surface area contributed by atoms with Crippen LogP contribution in [0.3, 0.4) is 0 Å². The van der Waals surface area contributed by atoms with Crippen molar-refractivity contribution in [3.8, 4) is 11.5 Å². The lowest BCUT2D eigenvalue weighted by Crippen LogP contribution is -2.50. The third kappa shape index (κ3) is 1.94. The average molecular weight is 214 g/mol. The topological polar surface area (TPSA) is 30.5 Å². The van der Waals surface area contributed by atoms with Crippen LogP contribution in [0.15, 0.2) is 18.2 Å². The highest BCUT2D eigenvalue weighted by molar-refractivity contribution is 6.32. The van der Waals surface area contributed by atoms with E-state index >= 15 is 0 Å². The van der Waals surface area contributed by atoms with Crippen LogP contribution in [0.25, 0.3) is 0 Å². The Bertz CT molecular complexity index is 326. The van der Waals surface area contributed by atoms with Crippen LogP contribution >= 0.6 is 11.6 Å². The van der Waals surface area contributed by atoms with E-state index in [1.54, 1.807) is 19.2 Å². The van der Waals surface area contributed by atoms with Crippen molar-refractivity contribution in [1.29, 1.82) is 0 Å². The van der Waals surface area contributed by atoms with Crippen molar-refractivity contribution < 1.29 is 9.47 Å². The Balaban J connectivity index is 2.09. The summed E-state index contributed by atoms with van der Waals surface area (Å²) in [7, 11) is 1.59. The molecular weight excluding hydrogens is 202 g/mol. The van der Waals surface area contributed by atoms with Gasteiger partial charge in [-0.1, -0.05) is 11.6 Å². The van der Waals surface area contributed by atoms with Gasteiger partial charge in [0.15, 0.2) is 0 Å². The summed E-state index contributed by atoms with van der Waals surface area (Å²) in [5.74, 6) is 1.45. The third-order valence-electron chi connectivity index (χ3n) is 2.17. The molecule has 0 spiro atoms. The zero-order chi connectivity index (χ0) is 9.97. The van der Waals surface area contributed by atoms with Crippen molar-refractivity contribution in [2.45, 2.75) is 6.10 Å². The van der Waals surface area contributed by atoms with Gasteiger partial charge in [-0.2, -0.15) is 0 Å². The van der Waals surface area contributed by atoms with E-state index in [0.29, 0.717) is 10.8 Å². The fraction of sp³-hybridized carbons (Fsp3) is 0.400. The highest BCUT2D eigenvalue weighted by Gasteiger charge is 2.18. The highest BCUT2D eigenvalue weighted by Crippen LogP contribution is 2.29. The molecule has 0 atom stereocenters. The Morgan fingerprint density at radius 2 is 2.21 bits per heavy atom. The summed E-state index contributed by atoms with van der Waals surface area (Å²) < 4.78 is 10.7. The predicted octanol–water partition coefficient (Wildman–Crippen LogP) is 1.70. The van der Waals surface area contributed by atoms with Crippen LogP contribution in [0.4, 0.5) is 0 Å². The first-order valence-electron chi connectivity index (χ1n) is 4.50. The molecule has 1 fully saturated rings. The van der Waals surface area contributed by atoms with E-state index in [1.165, 1.54) is 0 Å². The lowest BCUT2D eigenvalue weighted by molar-refractivity contribution is 0.142. The van der Waals surface area contributed by atoms with Gasteiger partial charge in [0, 0.05) is 19.2 Å². The summed E-state index contributed by atoms with van der Waals surface area (Å²) in [6.07, 6.45) is 0.279. The lowest BCUT2D eigenvalue weighted by Gasteiger charge is -2.27. The SMILES string of the molecule is COc1cc(OC2CNC2)ccc1Cl. The summed E-state index contributed by atoms with van der Waals surface area (Å²) in [5, 5.41) is 3.74. The second-order valence-corrected chi connectivity index (χ2v) is 3.60. The van der Waals surface area contributed by atoms with Crippen molar-refractivity contribution in [2.75, 3.05) is 20.2 Å². The van der Waals surface area contributed by atoms with E-state index in [-0.39, 0.29) is 6.10 Å². The second-order valence-electron chi connectivity index (χ2n) is 3.19. The number of hydrogen-bond donors (Lipinski definition) is 1. The van der Waals surface area contributed by atoms with E-state index in [2.05, 4.69) is 5.32 Å². The molecule has 0 aliphatic carbocycles. The molecule has 0 unspecified atom stereocenters. The Labute approximate surface area is 88.0 Å². The van der Waals surface area contributed by atoms with Crippen LogP contribution < -0.4 is 14.8 Å². The Kier molecular flexibility index (Phi) is 2.79. The number of halogens is 1. The maximum atomic E-state index is 5.89. The number of ether oxygens (including phenoxy) is 2. The molecule has 1 saturated heterocycles. The van der Waals surface area contributed by atoms with Crippen LogP contribution in [0.5, 0.6) is 11.5 Å². The van der Waals surface area contributed by atoms with E-state index < -0.39 is 0 Å². The van der Waals surface area contributed by atoms with Crippen LogP contribution in [0.1, 0.15) is 0 Å². The number of benzene rings is 1. The fourth-order valence-electron chi connectivity index (χ4n) is 1.25. The van der Waals surface area contributed by atoms with Crippen molar-refractivity contribution in [3.05, 3.63) is 23.2 Å². The Hall–Kier alpha value is -0.930. The zero-order valence-corrected chi connectivity index (χ0v) is 8.67. The van der Waals surface area contributed by atoms with Gasteiger partial charge >= 0.3 is 0 Å². The molecular formula is C10H12ClNO2. The number of nitrogens with one attached hydrogen (secondary N) is 1. The molecule has 1 N–H and O–H groups in total. The van der Waals surface area contributed by atoms with Crippen molar-refractivity contribution in [3.63, 3.8) is 0 Å². The summed E-state index contributed by atoms with van der Waals surface area (Å²) in [4.78, 5) is 0. The monoisotopic (exact) mass is 213 g/mol. The van der Waals surface area contributed by atoms with Gasteiger partial charge in [0.05, 0.1) is 12.1 Å². The highest BCUT2D eigenvalue weighted by atomic mass is 35.5. The van der Waals surface area contributed by atoms with Gasteiger partial charge in [0.2, 0.25) is 0 Å². The maximum absolute atomic E-state index is 5.89. The largest absolute Gasteiger partial charge is 0.495 e. The van der Waals surface area contributed by atoms with Crippen molar-refractivity contribution in [1.82, 2.24) is 5.32 Å². The smallest absolute Gasteiger partial charge is 0.141 e. The molecule has 1 aromatic rings. The van der Waals surface area contributed by atoms with E-state index in [4.69, 9.17) is 21.1 Å². The molecule has 2 rings (SSSR count). The summed E-state index contributed by atoms with van der Waals surface area (Å²) in [5.41, 5.74) is 0. The van der Waals surface area contributed by atoms with Gasteiger partial charge in [0.1, 0.15) is 17.6 Å². The lowest BCUT2D eigenvalue weighted by atomic mass is 10.2. The molecule has 1 aromatic carbocycles. The molecule has 0 saturated carbocycles. The molecule has 76 valence electrons.